The summed E-state index contributed by atoms with van der Waals surface area (Å²) in [6.45, 7) is 2.07. The molecule has 0 radical (unpaired) electrons. The van der Waals surface area contributed by atoms with Gasteiger partial charge in [0.2, 0.25) is 0 Å². The topological polar surface area (TPSA) is 74.5 Å². The second kappa shape index (κ2) is 8.73. The molecule has 2 aromatic heterocycles. The average Bonchev–Trinajstić information content (AvgIpc) is 3.22. The fourth-order valence-corrected chi connectivity index (χ4v) is 4.88. The van der Waals surface area contributed by atoms with Gasteiger partial charge in [-0.2, -0.15) is 0 Å². The number of piperidine rings is 1. The van der Waals surface area contributed by atoms with Gasteiger partial charge in [0.1, 0.15) is 11.3 Å². The molecule has 1 N–H and O–H groups in total. The number of pyridine rings is 1. The molecule has 0 aliphatic carbocycles. The van der Waals surface area contributed by atoms with Crippen LogP contribution in [0.25, 0.3) is 33.3 Å². The Morgan fingerprint density at radius 3 is 2.42 bits per heavy atom. The van der Waals surface area contributed by atoms with E-state index in [4.69, 9.17) is 9.97 Å². The molecule has 1 aliphatic heterocycles. The van der Waals surface area contributed by atoms with E-state index in [2.05, 4.69) is 34.9 Å². The Labute approximate surface area is 193 Å². The zero-order valence-corrected chi connectivity index (χ0v) is 19.1. The Balaban J connectivity index is 1.60. The third-order valence-corrected chi connectivity index (χ3v) is 6.67. The number of aryl methyl sites for hydroxylation is 1. The number of anilines is 1. The van der Waals surface area contributed by atoms with Gasteiger partial charge in [-0.15, -0.1) is 0 Å². The van der Waals surface area contributed by atoms with Crippen molar-refractivity contribution in [1.29, 1.82) is 0 Å². The Bertz CT molecular complexity index is 1290. The van der Waals surface area contributed by atoms with Crippen LogP contribution in [-0.2, 0) is 6.54 Å². The maximum Gasteiger partial charge on any atom is 0.407 e. The summed E-state index contributed by atoms with van der Waals surface area (Å²) in [5, 5.41) is 10.4. The molecule has 1 saturated heterocycles. The largest absolute Gasteiger partial charge is 0.465 e. The Morgan fingerprint density at radius 1 is 1.03 bits per heavy atom. The van der Waals surface area contributed by atoms with E-state index < -0.39 is 6.09 Å². The van der Waals surface area contributed by atoms with Crippen LogP contribution in [-0.4, -0.2) is 57.8 Å². The minimum atomic E-state index is -0.810. The highest BCUT2D eigenvalue weighted by molar-refractivity contribution is 6.08. The Kier molecular flexibility index (Phi) is 5.62. The highest BCUT2D eigenvalue weighted by Crippen LogP contribution is 2.35. The Morgan fingerprint density at radius 2 is 1.73 bits per heavy atom. The summed E-state index contributed by atoms with van der Waals surface area (Å²) in [5.41, 5.74) is 4.08. The van der Waals surface area contributed by atoms with Gasteiger partial charge in [-0.1, -0.05) is 48.5 Å². The summed E-state index contributed by atoms with van der Waals surface area (Å²) in [4.78, 5) is 24.9. The first kappa shape index (κ1) is 21.2. The quantitative estimate of drug-likeness (QED) is 0.465. The number of carboxylic acid groups (broad SMARTS) is 1. The summed E-state index contributed by atoms with van der Waals surface area (Å²) in [6, 6.07) is 18.6. The van der Waals surface area contributed by atoms with Gasteiger partial charge in [0, 0.05) is 44.7 Å². The van der Waals surface area contributed by atoms with Gasteiger partial charge in [0.05, 0.1) is 11.0 Å². The van der Waals surface area contributed by atoms with Gasteiger partial charge in [0.25, 0.3) is 0 Å². The number of fused-ring (bicyclic) bond motifs is 3. The number of amides is 1. The number of aromatic nitrogens is 3. The maximum absolute atomic E-state index is 11.3. The molecule has 3 heterocycles. The van der Waals surface area contributed by atoms with Crippen molar-refractivity contribution in [3.63, 3.8) is 0 Å². The van der Waals surface area contributed by atoms with Crippen molar-refractivity contribution in [2.75, 3.05) is 32.1 Å². The van der Waals surface area contributed by atoms with Crippen molar-refractivity contribution >= 4 is 33.8 Å². The summed E-state index contributed by atoms with van der Waals surface area (Å²) in [5.74, 6) is 2.33. The number of carbonyl (C=O) groups is 1. The number of nitrogens with zero attached hydrogens (tertiary/aromatic N) is 5. The molecule has 0 spiro atoms. The highest BCUT2D eigenvalue weighted by Gasteiger charge is 2.24. The van der Waals surface area contributed by atoms with Crippen LogP contribution in [0.3, 0.4) is 0 Å². The van der Waals surface area contributed by atoms with Gasteiger partial charge in [-0.25, -0.2) is 14.8 Å². The normalized spacial score (nSPS) is 14.8. The van der Waals surface area contributed by atoms with E-state index in [0.717, 1.165) is 64.9 Å². The first-order chi connectivity index (χ1) is 16.0. The lowest BCUT2D eigenvalue weighted by Crippen LogP contribution is -2.37. The van der Waals surface area contributed by atoms with Gasteiger partial charge >= 0.3 is 6.09 Å². The lowest BCUT2D eigenvalue weighted by molar-refractivity contribution is 0.122. The molecule has 1 aliphatic rings. The van der Waals surface area contributed by atoms with Crippen LogP contribution in [0.2, 0.25) is 0 Å². The third kappa shape index (κ3) is 3.99. The van der Waals surface area contributed by atoms with Crippen LogP contribution in [0.15, 0.2) is 54.6 Å². The van der Waals surface area contributed by atoms with Crippen molar-refractivity contribution in [2.45, 2.75) is 25.8 Å². The number of para-hydroxylation sites is 1. The monoisotopic (exact) mass is 443 g/mol. The molecule has 7 nitrogen and oxygen atoms in total. The van der Waals surface area contributed by atoms with Gasteiger partial charge in [-0.05, 0) is 31.2 Å². The van der Waals surface area contributed by atoms with E-state index >= 15 is 0 Å². The summed E-state index contributed by atoms with van der Waals surface area (Å²) < 4.78 is 2.35. The first-order valence-electron chi connectivity index (χ1n) is 11.5. The van der Waals surface area contributed by atoms with Crippen LogP contribution in [0, 0.1) is 5.92 Å². The van der Waals surface area contributed by atoms with Crippen LogP contribution < -0.4 is 4.90 Å². The molecule has 7 heteroatoms. The van der Waals surface area contributed by atoms with Crippen molar-refractivity contribution in [2.24, 2.45) is 5.92 Å². The molecule has 4 aromatic rings. The summed E-state index contributed by atoms with van der Waals surface area (Å²) in [7, 11) is 4.02. The molecule has 0 bridgehead atoms. The van der Waals surface area contributed by atoms with Gasteiger partial charge in [-0.3, -0.25) is 0 Å². The van der Waals surface area contributed by atoms with E-state index in [-0.39, 0.29) is 0 Å². The minimum absolute atomic E-state index is 0.503. The predicted octanol–water partition coefficient (Wildman–Crippen LogP) is 5.10. The van der Waals surface area contributed by atoms with Crippen LogP contribution in [0.4, 0.5) is 10.6 Å². The molecule has 0 unspecified atom stereocenters. The molecular formula is C26H29N5O2. The summed E-state index contributed by atoms with van der Waals surface area (Å²) in [6.07, 6.45) is 2.00. The molecule has 1 amide bonds. The minimum Gasteiger partial charge on any atom is -0.465 e. The zero-order chi connectivity index (χ0) is 22.9. The number of hydrogen-bond acceptors (Lipinski definition) is 4. The molecule has 0 atom stereocenters. The number of imidazole rings is 1. The Hall–Kier alpha value is -3.61. The average molecular weight is 444 g/mol. The van der Waals surface area contributed by atoms with E-state index in [1.165, 1.54) is 4.90 Å². The van der Waals surface area contributed by atoms with Crippen LogP contribution >= 0.6 is 0 Å². The molecular weight excluding hydrogens is 414 g/mol. The highest BCUT2D eigenvalue weighted by atomic mass is 16.4. The van der Waals surface area contributed by atoms with Crippen LogP contribution in [0.1, 0.15) is 19.3 Å². The van der Waals surface area contributed by atoms with Crippen molar-refractivity contribution in [3.05, 3.63) is 54.6 Å². The van der Waals surface area contributed by atoms with E-state index in [1.54, 1.807) is 0 Å². The number of benzene rings is 2. The number of rotatable bonds is 5. The molecule has 33 heavy (non-hydrogen) atoms. The lowest BCUT2D eigenvalue weighted by atomic mass is 9.93. The standard InChI is InChI=1S/C26H29N5O2/c1-29(2)25-22-23(20-10-6-7-11-21(20)27-25)31(24(28-22)19-8-4-3-5-9-19)17-14-18-12-15-30(16-13-18)26(32)33/h3-11,18H,12-17H2,1-2H3,(H,32,33). The molecule has 170 valence electrons. The maximum atomic E-state index is 11.3. The molecule has 2 aromatic carbocycles. The van der Waals surface area contributed by atoms with Gasteiger partial charge in [0.15, 0.2) is 5.82 Å². The smallest absolute Gasteiger partial charge is 0.407 e. The van der Waals surface area contributed by atoms with Gasteiger partial charge < -0.3 is 19.5 Å². The van der Waals surface area contributed by atoms with E-state index in [9.17, 15) is 9.90 Å². The van der Waals surface area contributed by atoms with Crippen molar-refractivity contribution < 1.29 is 9.90 Å². The molecule has 1 fully saturated rings. The fourth-order valence-electron chi connectivity index (χ4n) is 4.88. The van der Waals surface area contributed by atoms with E-state index in [0.29, 0.717) is 19.0 Å². The second-order valence-corrected chi connectivity index (χ2v) is 9.00. The number of hydrogen-bond donors (Lipinski definition) is 1. The molecule has 5 rings (SSSR count). The van der Waals surface area contributed by atoms with Crippen molar-refractivity contribution in [1.82, 2.24) is 19.4 Å². The summed E-state index contributed by atoms with van der Waals surface area (Å²) >= 11 is 0. The SMILES string of the molecule is CN(C)c1nc2ccccc2c2c1nc(-c1ccccc1)n2CCC1CCN(C(=O)O)CC1. The fraction of sp³-hybridized carbons (Fsp3) is 0.346. The second-order valence-electron chi connectivity index (χ2n) is 9.00. The molecule has 0 saturated carbocycles. The zero-order valence-electron chi connectivity index (χ0n) is 19.1. The third-order valence-electron chi connectivity index (χ3n) is 6.67. The number of likely N-dealkylation sites (tertiary alicyclic amines) is 1. The first-order valence-corrected chi connectivity index (χ1v) is 11.5. The van der Waals surface area contributed by atoms with Crippen molar-refractivity contribution in [3.8, 4) is 11.4 Å². The van der Waals surface area contributed by atoms with Crippen LogP contribution in [0.5, 0.6) is 0 Å². The predicted molar refractivity (Wildman–Crippen MR) is 132 cm³/mol. The lowest BCUT2D eigenvalue weighted by Gasteiger charge is -2.30. The van der Waals surface area contributed by atoms with E-state index in [1.807, 2.05) is 43.3 Å².